The lowest BCUT2D eigenvalue weighted by Gasteiger charge is -2.54. The highest BCUT2D eigenvalue weighted by Crippen LogP contribution is 2.53. The van der Waals surface area contributed by atoms with E-state index in [-0.39, 0.29) is 11.4 Å². The van der Waals surface area contributed by atoms with E-state index >= 15 is 0 Å². The van der Waals surface area contributed by atoms with Crippen LogP contribution in [-0.2, 0) is 11.2 Å². The summed E-state index contributed by atoms with van der Waals surface area (Å²) in [6, 6.07) is 6.86. The Morgan fingerprint density at radius 1 is 1.18 bits per heavy atom. The Bertz CT molecular complexity index is 742. The second-order valence-corrected chi connectivity index (χ2v) is 9.72. The molecule has 1 amide bonds. The fourth-order valence-corrected chi connectivity index (χ4v) is 6.62. The van der Waals surface area contributed by atoms with Gasteiger partial charge in [0.1, 0.15) is 12.4 Å². The van der Waals surface area contributed by atoms with Gasteiger partial charge in [-0.2, -0.15) is 0 Å². The zero-order valence-corrected chi connectivity index (χ0v) is 17.2. The van der Waals surface area contributed by atoms with Gasteiger partial charge in [-0.25, -0.2) is 0 Å². The molecule has 28 heavy (non-hydrogen) atoms. The van der Waals surface area contributed by atoms with Crippen molar-refractivity contribution in [3.05, 3.63) is 29.3 Å². The highest BCUT2D eigenvalue weighted by atomic mass is 16.5. The van der Waals surface area contributed by atoms with Crippen LogP contribution in [0.15, 0.2) is 18.2 Å². The summed E-state index contributed by atoms with van der Waals surface area (Å²) in [4.78, 5) is 14.5. The molecule has 1 saturated carbocycles. The van der Waals surface area contributed by atoms with Gasteiger partial charge in [0.2, 0.25) is 5.91 Å². The van der Waals surface area contributed by atoms with Crippen molar-refractivity contribution in [2.45, 2.75) is 69.7 Å². The van der Waals surface area contributed by atoms with E-state index in [1.54, 1.807) is 5.56 Å². The molecule has 4 heteroatoms. The molecule has 1 aromatic carbocycles. The Morgan fingerprint density at radius 3 is 2.89 bits per heavy atom. The van der Waals surface area contributed by atoms with E-state index in [1.165, 1.54) is 44.3 Å². The van der Waals surface area contributed by atoms with Crippen molar-refractivity contribution < 1.29 is 9.53 Å². The molecule has 0 aromatic heterocycles. The van der Waals surface area contributed by atoms with Crippen molar-refractivity contribution in [1.29, 1.82) is 0 Å². The number of benzene rings is 1. The second-order valence-electron chi connectivity index (χ2n) is 9.72. The van der Waals surface area contributed by atoms with Gasteiger partial charge >= 0.3 is 0 Å². The van der Waals surface area contributed by atoms with Gasteiger partial charge in [-0.3, -0.25) is 9.69 Å². The predicted octanol–water partition coefficient (Wildman–Crippen LogP) is 3.89. The first-order valence-corrected chi connectivity index (χ1v) is 11.4. The molecule has 2 aliphatic heterocycles. The molecule has 0 radical (unpaired) electrons. The van der Waals surface area contributed by atoms with Gasteiger partial charge in [0.25, 0.3) is 0 Å². The Balaban J connectivity index is 1.27. The molecule has 2 saturated heterocycles. The first kappa shape index (κ1) is 18.5. The van der Waals surface area contributed by atoms with Crippen LogP contribution in [0.1, 0.15) is 68.9 Å². The largest absolute Gasteiger partial charge is 0.492 e. The number of nitrogens with one attached hydrogen (secondary N) is 1. The smallest absolute Gasteiger partial charge is 0.220 e. The molecule has 4 aliphatic rings. The minimum atomic E-state index is 0.0205. The summed E-state index contributed by atoms with van der Waals surface area (Å²) in [5.74, 6) is 3.31. The average molecular weight is 383 g/mol. The molecule has 5 rings (SSSR count). The molecule has 4 atom stereocenters. The number of aryl methyl sites for hydroxylation is 1. The van der Waals surface area contributed by atoms with Gasteiger partial charge in [0.15, 0.2) is 0 Å². The van der Waals surface area contributed by atoms with Gasteiger partial charge in [-0.15, -0.1) is 0 Å². The molecule has 0 spiro atoms. The monoisotopic (exact) mass is 382 g/mol. The third-order valence-corrected chi connectivity index (χ3v) is 8.07. The third-order valence-electron chi connectivity index (χ3n) is 8.07. The normalized spacial score (nSPS) is 34.9. The van der Waals surface area contributed by atoms with Crippen LogP contribution in [0.3, 0.4) is 0 Å². The number of hydrogen-bond donors (Lipinski definition) is 1. The minimum Gasteiger partial charge on any atom is -0.492 e. The first-order chi connectivity index (χ1) is 13.6. The summed E-state index contributed by atoms with van der Waals surface area (Å²) in [6.45, 7) is 6.60. The maximum atomic E-state index is 12.0. The quantitative estimate of drug-likeness (QED) is 0.859. The molecule has 1 N–H and O–H groups in total. The number of rotatable bonds is 4. The lowest BCUT2D eigenvalue weighted by Crippen LogP contribution is -2.60. The van der Waals surface area contributed by atoms with Crippen molar-refractivity contribution >= 4 is 5.91 Å². The number of piperidine rings is 1. The van der Waals surface area contributed by atoms with E-state index < -0.39 is 0 Å². The average Bonchev–Trinajstić information content (AvgIpc) is 3.20. The molecule has 0 bridgehead atoms. The minimum absolute atomic E-state index is 0.0205. The fraction of sp³-hybridized carbons (Fsp3) is 0.708. The molecular formula is C24H34N2O2. The Labute approximate surface area is 169 Å². The Morgan fingerprint density at radius 2 is 2.04 bits per heavy atom. The molecule has 4 nitrogen and oxygen atoms in total. The summed E-state index contributed by atoms with van der Waals surface area (Å²) < 4.78 is 6.09. The zero-order valence-electron chi connectivity index (χ0n) is 17.2. The van der Waals surface area contributed by atoms with Crippen LogP contribution >= 0.6 is 0 Å². The van der Waals surface area contributed by atoms with Gasteiger partial charge in [0.05, 0.1) is 0 Å². The number of amides is 1. The third kappa shape index (κ3) is 3.34. The van der Waals surface area contributed by atoms with E-state index in [9.17, 15) is 4.79 Å². The lowest BCUT2D eigenvalue weighted by atomic mass is 9.55. The summed E-state index contributed by atoms with van der Waals surface area (Å²) in [5, 5.41) is 3.34. The number of ether oxygens (including phenoxy) is 1. The number of likely N-dealkylation sites (tertiary alicyclic amines) is 1. The van der Waals surface area contributed by atoms with E-state index in [2.05, 4.69) is 35.3 Å². The SMILES string of the molecule is C[C@]12CC[C@@H]3c4ccc(OCCN5CCCC5)cc4CC[C@H]3[C@@H]1CCC(=O)N2. The van der Waals surface area contributed by atoms with Gasteiger partial charge in [-0.1, -0.05) is 6.07 Å². The fourth-order valence-electron chi connectivity index (χ4n) is 6.62. The molecular weight excluding hydrogens is 348 g/mol. The molecule has 0 unspecified atom stereocenters. The van der Waals surface area contributed by atoms with Crippen molar-refractivity contribution in [3.8, 4) is 5.75 Å². The molecule has 3 fully saturated rings. The zero-order chi connectivity index (χ0) is 19.1. The Kier molecular flexibility index (Phi) is 4.86. The highest BCUT2D eigenvalue weighted by molar-refractivity contribution is 5.77. The van der Waals surface area contributed by atoms with Crippen LogP contribution < -0.4 is 10.1 Å². The van der Waals surface area contributed by atoms with E-state index in [0.717, 1.165) is 38.2 Å². The molecule has 2 heterocycles. The van der Waals surface area contributed by atoms with E-state index in [4.69, 9.17) is 4.74 Å². The van der Waals surface area contributed by atoms with Gasteiger partial charge < -0.3 is 10.1 Å². The van der Waals surface area contributed by atoms with Crippen LogP contribution in [0.5, 0.6) is 5.75 Å². The van der Waals surface area contributed by atoms with Gasteiger partial charge in [0, 0.05) is 18.5 Å². The summed E-state index contributed by atoms with van der Waals surface area (Å²) in [5.41, 5.74) is 3.08. The van der Waals surface area contributed by atoms with Crippen LogP contribution in [0.2, 0.25) is 0 Å². The maximum absolute atomic E-state index is 12.0. The van der Waals surface area contributed by atoms with Gasteiger partial charge in [-0.05, 0) is 106 Å². The number of fused-ring (bicyclic) bond motifs is 5. The molecule has 2 aliphatic carbocycles. The molecule has 1 aromatic rings. The summed E-state index contributed by atoms with van der Waals surface area (Å²) in [7, 11) is 0. The van der Waals surface area contributed by atoms with Crippen LogP contribution in [0, 0.1) is 11.8 Å². The highest BCUT2D eigenvalue weighted by Gasteiger charge is 2.50. The van der Waals surface area contributed by atoms with E-state index in [0.29, 0.717) is 24.2 Å². The number of nitrogens with zero attached hydrogens (tertiary/aromatic N) is 1. The predicted molar refractivity (Wildman–Crippen MR) is 111 cm³/mol. The number of carbonyl (C=O) groups is 1. The molecule has 152 valence electrons. The topological polar surface area (TPSA) is 41.6 Å². The van der Waals surface area contributed by atoms with Crippen LogP contribution in [0.25, 0.3) is 0 Å². The number of carbonyl (C=O) groups excluding carboxylic acids is 1. The summed E-state index contributed by atoms with van der Waals surface area (Å²) >= 11 is 0. The van der Waals surface area contributed by atoms with Crippen molar-refractivity contribution in [1.82, 2.24) is 10.2 Å². The standard InChI is InChI=1S/C24H34N2O2/c1-24-11-10-20-19-7-5-18(28-15-14-26-12-2-3-13-26)16-17(19)4-6-21(20)22(24)8-9-23(27)25-24/h5,7,16,20-22H,2-4,6,8-15H2,1H3,(H,25,27)/t20-,21-,22+,24+/m1/s1. The first-order valence-electron chi connectivity index (χ1n) is 11.4. The van der Waals surface area contributed by atoms with Crippen LogP contribution in [0.4, 0.5) is 0 Å². The van der Waals surface area contributed by atoms with E-state index in [1.807, 2.05) is 0 Å². The maximum Gasteiger partial charge on any atom is 0.220 e. The van der Waals surface area contributed by atoms with Crippen molar-refractivity contribution in [2.24, 2.45) is 11.8 Å². The van der Waals surface area contributed by atoms with Crippen LogP contribution in [-0.4, -0.2) is 42.6 Å². The lowest BCUT2D eigenvalue weighted by molar-refractivity contribution is -0.129. The number of hydrogen-bond acceptors (Lipinski definition) is 3. The Hall–Kier alpha value is -1.55. The van der Waals surface area contributed by atoms with Crippen molar-refractivity contribution in [3.63, 3.8) is 0 Å². The second kappa shape index (κ2) is 7.37. The van der Waals surface area contributed by atoms with Crippen molar-refractivity contribution in [2.75, 3.05) is 26.2 Å². The summed E-state index contributed by atoms with van der Waals surface area (Å²) in [6.07, 6.45) is 9.16.